The number of rotatable bonds is 3. The fraction of sp³-hybridized carbons (Fsp3) is 0.0714. The van der Waals surface area contributed by atoms with Gasteiger partial charge in [-0.15, -0.1) is 0 Å². The van der Waals surface area contributed by atoms with Gasteiger partial charge >= 0.3 is 0 Å². The van der Waals surface area contributed by atoms with Crippen LogP contribution in [0.2, 0.25) is 5.02 Å². The first-order chi connectivity index (χ1) is 9.10. The molecule has 0 fully saturated rings. The zero-order valence-electron chi connectivity index (χ0n) is 9.66. The molecule has 0 bridgehead atoms. The van der Waals surface area contributed by atoms with Crippen molar-refractivity contribution in [3.8, 4) is 11.8 Å². The van der Waals surface area contributed by atoms with E-state index in [2.05, 4.69) is 15.9 Å². The molecule has 0 aromatic heterocycles. The van der Waals surface area contributed by atoms with E-state index < -0.39 is 5.82 Å². The number of nitriles is 1. The van der Waals surface area contributed by atoms with E-state index in [1.807, 2.05) is 0 Å². The number of nitrogens with zero attached hydrogens (tertiary/aromatic N) is 1. The Morgan fingerprint density at radius 2 is 2.05 bits per heavy atom. The molecule has 0 saturated carbocycles. The topological polar surface area (TPSA) is 33.0 Å². The molecule has 0 aliphatic heterocycles. The minimum atomic E-state index is -0.535. The highest BCUT2D eigenvalue weighted by molar-refractivity contribution is 9.10. The summed E-state index contributed by atoms with van der Waals surface area (Å²) in [4.78, 5) is 0. The van der Waals surface area contributed by atoms with E-state index in [1.54, 1.807) is 30.3 Å². The third-order valence-corrected chi connectivity index (χ3v) is 3.24. The monoisotopic (exact) mass is 339 g/mol. The second-order valence-electron chi connectivity index (χ2n) is 3.79. The standard InChI is InChI=1S/C14H8BrClFNO/c15-11-2-3-12(16)14(6-11)19-8-9-1-4-13(17)10(5-9)7-18/h1-6H,8H2. The molecule has 2 aromatic rings. The highest BCUT2D eigenvalue weighted by Crippen LogP contribution is 2.28. The van der Waals surface area contributed by atoms with Gasteiger partial charge in [0.25, 0.3) is 0 Å². The van der Waals surface area contributed by atoms with Gasteiger partial charge < -0.3 is 4.74 Å². The largest absolute Gasteiger partial charge is 0.487 e. The first kappa shape index (κ1) is 13.9. The van der Waals surface area contributed by atoms with E-state index in [0.717, 1.165) is 4.47 Å². The molecule has 0 unspecified atom stereocenters. The minimum absolute atomic E-state index is 0.00133. The third-order valence-electron chi connectivity index (χ3n) is 2.44. The lowest BCUT2D eigenvalue weighted by Gasteiger charge is -2.09. The van der Waals surface area contributed by atoms with Crippen LogP contribution in [0.5, 0.6) is 5.75 Å². The number of halogens is 3. The normalized spacial score (nSPS) is 10.0. The molecule has 19 heavy (non-hydrogen) atoms. The van der Waals surface area contributed by atoms with Gasteiger partial charge in [0, 0.05) is 4.47 Å². The van der Waals surface area contributed by atoms with Crippen LogP contribution in [-0.4, -0.2) is 0 Å². The molecule has 2 nitrogen and oxygen atoms in total. The maximum atomic E-state index is 13.2. The van der Waals surface area contributed by atoms with Crippen molar-refractivity contribution < 1.29 is 9.13 Å². The van der Waals surface area contributed by atoms with E-state index in [1.165, 1.54) is 12.1 Å². The lowest BCUT2D eigenvalue weighted by Crippen LogP contribution is -1.97. The Bertz CT molecular complexity index is 654. The Morgan fingerprint density at radius 3 is 2.79 bits per heavy atom. The molecule has 0 amide bonds. The van der Waals surface area contributed by atoms with Gasteiger partial charge in [-0.05, 0) is 35.9 Å². The maximum absolute atomic E-state index is 13.2. The third kappa shape index (κ3) is 3.46. The molecule has 0 radical (unpaired) electrons. The number of hydrogen-bond donors (Lipinski definition) is 0. The van der Waals surface area contributed by atoms with Crippen molar-refractivity contribution in [3.63, 3.8) is 0 Å². The van der Waals surface area contributed by atoms with Crippen LogP contribution in [0.4, 0.5) is 4.39 Å². The van der Waals surface area contributed by atoms with Crippen LogP contribution >= 0.6 is 27.5 Å². The zero-order valence-corrected chi connectivity index (χ0v) is 12.0. The lowest BCUT2D eigenvalue weighted by atomic mass is 10.1. The van der Waals surface area contributed by atoms with E-state index >= 15 is 0 Å². The number of ether oxygens (including phenoxy) is 1. The van der Waals surface area contributed by atoms with Gasteiger partial charge in [-0.3, -0.25) is 0 Å². The van der Waals surface area contributed by atoms with Gasteiger partial charge in [-0.2, -0.15) is 5.26 Å². The second kappa shape index (κ2) is 6.05. The SMILES string of the molecule is N#Cc1cc(COc2cc(Br)ccc2Cl)ccc1F. The summed E-state index contributed by atoms with van der Waals surface area (Å²) >= 11 is 9.31. The predicted octanol–water partition coefficient (Wildman–Crippen LogP) is 4.69. The molecule has 5 heteroatoms. The van der Waals surface area contributed by atoms with Crippen molar-refractivity contribution in [1.82, 2.24) is 0 Å². The van der Waals surface area contributed by atoms with Crippen molar-refractivity contribution >= 4 is 27.5 Å². The molecular formula is C14H8BrClFNO. The molecule has 96 valence electrons. The van der Waals surface area contributed by atoms with Gasteiger partial charge in [0.15, 0.2) is 0 Å². The summed E-state index contributed by atoms with van der Waals surface area (Å²) in [6, 6.07) is 11.3. The Hall–Kier alpha value is -1.57. The fourth-order valence-electron chi connectivity index (χ4n) is 1.50. The Labute approximate surface area is 123 Å². The van der Waals surface area contributed by atoms with E-state index in [4.69, 9.17) is 21.6 Å². The van der Waals surface area contributed by atoms with Crippen LogP contribution in [0.25, 0.3) is 0 Å². The van der Waals surface area contributed by atoms with Crippen molar-refractivity contribution in [2.45, 2.75) is 6.61 Å². The van der Waals surface area contributed by atoms with Crippen molar-refractivity contribution in [2.75, 3.05) is 0 Å². The summed E-state index contributed by atoms with van der Waals surface area (Å²) in [5.41, 5.74) is 0.704. The number of hydrogen-bond acceptors (Lipinski definition) is 2. The van der Waals surface area contributed by atoms with Crippen molar-refractivity contribution in [3.05, 3.63) is 62.8 Å². The molecule has 0 N–H and O–H groups in total. The average molecular weight is 341 g/mol. The van der Waals surface area contributed by atoms with Gasteiger partial charge in [0.1, 0.15) is 24.2 Å². The Balaban J connectivity index is 2.15. The zero-order chi connectivity index (χ0) is 13.8. The summed E-state index contributed by atoms with van der Waals surface area (Å²) in [6.45, 7) is 0.213. The molecule has 0 aliphatic rings. The van der Waals surface area contributed by atoms with Gasteiger partial charge in [0.05, 0.1) is 10.6 Å². The van der Waals surface area contributed by atoms with Gasteiger partial charge in [-0.1, -0.05) is 33.6 Å². The van der Waals surface area contributed by atoms with E-state index in [-0.39, 0.29) is 12.2 Å². The van der Waals surface area contributed by atoms with Crippen molar-refractivity contribution in [1.29, 1.82) is 5.26 Å². The van der Waals surface area contributed by atoms with Crippen LogP contribution in [0, 0.1) is 17.1 Å². The van der Waals surface area contributed by atoms with Crippen LogP contribution in [0.1, 0.15) is 11.1 Å². The minimum Gasteiger partial charge on any atom is -0.487 e. The quantitative estimate of drug-likeness (QED) is 0.812. The summed E-state index contributed by atoms with van der Waals surface area (Å²) in [6.07, 6.45) is 0. The summed E-state index contributed by atoms with van der Waals surface area (Å²) in [7, 11) is 0. The van der Waals surface area contributed by atoms with E-state index in [9.17, 15) is 4.39 Å². The summed E-state index contributed by atoms with van der Waals surface area (Å²) < 4.78 is 19.6. The highest BCUT2D eigenvalue weighted by Gasteiger charge is 2.06. The average Bonchev–Trinajstić information content (AvgIpc) is 2.41. The molecule has 0 saturated heterocycles. The molecule has 2 rings (SSSR count). The van der Waals surface area contributed by atoms with Gasteiger partial charge in [0.2, 0.25) is 0 Å². The number of benzene rings is 2. The van der Waals surface area contributed by atoms with Crippen LogP contribution in [0.15, 0.2) is 40.9 Å². The molecule has 0 atom stereocenters. The highest BCUT2D eigenvalue weighted by atomic mass is 79.9. The second-order valence-corrected chi connectivity index (χ2v) is 5.11. The maximum Gasteiger partial charge on any atom is 0.140 e. The van der Waals surface area contributed by atoms with Crippen LogP contribution in [-0.2, 0) is 6.61 Å². The first-order valence-corrected chi connectivity index (χ1v) is 6.53. The molecule has 0 aliphatic carbocycles. The summed E-state index contributed by atoms with van der Waals surface area (Å²) in [5.74, 6) is -0.00869. The fourth-order valence-corrected chi connectivity index (χ4v) is 2.01. The smallest absolute Gasteiger partial charge is 0.140 e. The van der Waals surface area contributed by atoms with Crippen LogP contribution < -0.4 is 4.74 Å². The Morgan fingerprint density at radius 1 is 1.26 bits per heavy atom. The van der Waals surface area contributed by atoms with E-state index in [0.29, 0.717) is 16.3 Å². The van der Waals surface area contributed by atoms with Gasteiger partial charge in [-0.25, -0.2) is 4.39 Å². The molecule has 0 heterocycles. The summed E-state index contributed by atoms with van der Waals surface area (Å²) in [5, 5.41) is 9.24. The van der Waals surface area contributed by atoms with Crippen LogP contribution in [0.3, 0.4) is 0 Å². The predicted molar refractivity (Wildman–Crippen MR) is 74.6 cm³/mol. The first-order valence-electron chi connectivity index (χ1n) is 5.36. The molecule has 2 aromatic carbocycles. The lowest BCUT2D eigenvalue weighted by molar-refractivity contribution is 0.306. The van der Waals surface area contributed by atoms with Crippen molar-refractivity contribution in [2.24, 2.45) is 0 Å². The molecule has 0 spiro atoms. The Kier molecular flexibility index (Phi) is 4.41. The molecular weight excluding hydrogens is 333 g/mol.